The zero-order chi connectivity index (χ0) is 13.0. The Balaban J connectivity index is 1.94. The second-order valence-corrected chi connectivity index (χ2v) is 5.42. The van der Waals surface area contributed by atoms with Crippen molar-refractivity contribution in [2.45, 2.75) is 31.2 Å². The number of aryl methyl sites for hydroxylation is 2. The standard InChI is InChI=1S/C15H19NOS/c1-3-12-4-6-13(7-5-12)14(16)10-18-15-8-9-17-11(15)2/h4-9,14H,3,10,16H2,1-2H3. The van der Waals surface area contributed by atoms with Crippen LogP contribution in [-0.4, -0.2) is 5.75 Å². The Bertz CT molecular complexity index is 489. The predicted molar refractivity (Wildman–Crippen MR) is 76.9 cm³/mol. The number of furan rings is 1. The summed E-state index contributed by atoms with van der Waals surface area (Å²) in [6.07, 6.45) is 2.79. The van der Waals surface area contributed by atoms with E-state index in [2.05, 4.69) is 31.2 Å². The van der Waals surface area contributed by atoms with Gasteiger partial charge in [0.1, 0.15) is 5.76 Å². The molecule has 0 aliphatic rings. The van der Waals surface area contributed by atoms with Gasteiger partial charge < -0.3 is 10.2 Å². The first-order chi connectivity index (χ1) is 8.70. The predicted octanol–water partition coefficient (Wildman–Crippen LogP) is 3.94. The first-order valence-electron chi connectivity index (χ1n) is 6.22. The second-order valence-electron chi connectivity index (χ2n) is 4.35. The number of nitrogens with two attached hydrogens (primary N) is 1. The third kappa shape index (κ3) is 3.18. The highest BCUT2D eigenvalue weighted by Gasteiger charge is 2.09. The van der Waals surface area contributed by atoms with Crippen LogP contribution in [0.5, 0.6) is 0 Å². The van der Waals surface area contributed by atoms with Crippen molar-refractivity contribution in [2.75, 3.05) is 5.75 Å². The minimum Gasteiger partial charge on any atom is -0.468 e. The van der Waals surface area contributed by atoms with Gasteiger partial charge in [0.2, 0.25) is 0 Å². The van der Waals surface area contributed by atoms with Gasteiger partial charge in [-0.2, -0.15) is 0 Å². The van der Waals surface area contributed by atoms with Crippen molar-refractivity contribution in [3.05, 3.63) is 53.5 Å². The Morgan fingerprint density at radius 3 is 2.50 bits per heavy atom. The molecular weight excluding hydrogens is 242 g/mol. The Morgan fingerprint density at radius 2 is 1.94 bits per heavy atom. The van der Waals surface area contributed by atoms with Crippen molar-refractivity contribution >= 4 is 11.8 Å². The summed E-state index contributed by atoms with van der Waals surface area (Å²) in [6, 6.07) is 10.6. The molecule has 1 atom stereocenters. The van der Waals surface area contributed by atoms with Crippen LogP contribution >= 0.6 is 11.8 Å². The maximum absolute atomic E-state index is 6.20. The summed E-state index contributed by atoms with van der Waals surface area (Å²) in [5, 5.41) is 0. The molecule has 0 bridgehead atoms. The van der Waals surface area contributed by atoms with E-state index in [1.165, 1.54) is 16.0 Å². The number of hydrogen-bond acceptors (Lipinski definition) is 3. The maximum Gasteiger partial charge on any atom is 0.114 e. The van der Waals surface area contributed by atoms with E-state index in [1.807, 2.05) is 13.0 Å². The molecule has 1 heterocycles. The van der Waals surface area contributed by atoms with Gasteiger partial charge >= 0.3 is 0 Å². The van der Waals surface area contributed by atoms with Crippen molar-refractivity contribution in [1.82, 2.24) is 0 Å². The zero-order valence-corrected chi connectivity index (χ0v) is 11.7. The summed E-state index contributed by atoms with van der Waals surface area (Å²) in [7, 11) is 0. The molecule has 2 N–H and O–H groups in total. The minimum atomic E-state index is 0.0650. The van der Waals surface area contributed by atoms with E-state index in [9.17, 15) is 0 Å². The summed E-state index contributed by atoms with van der Waals surface area (Å²) in [5.41, 5.74) is 8.75. The quantitative estimate of drug-likeness (QED) is 0.828. The lowest BCUT2D eigenvalue weighted by Crippen LogP contribution is -2.12. The van der Waals surface area contributed by atoms with Gasteiger partial charge in [-0.3, -0.25) is 0 Å². The number of thioether (sulfide) groups is 1. The first-order valence-corrected chi connectivity index (χ1v) is 7.20. The van der Waals surface area contributed by atoms with Gasteiger partial charge in [0.25, 0.3) is 0 Å². The van der Waals surface area contributed by atoms with Crippen LogP contribution in [0.1, 0.15) is 29.9 Å². The number of rotatable bonds is 5. The molecule has 0 saturated carbocycles. The topological polar surface area (TPSA) is 39.2 Å². The fourth-order valence-corrected chi connectivity index (χ4v) is 2.75. The van der Waals surface area contributed by atoms with Gasteiger partial charge in [0.15, 0.2) is 0 Å². The molecule has 1 unspecified atom stereocenters. The van der Waals surface area contributed by atoms with Crippen molar-refractivity contribution < 1.29 is 4.42 Å². The molecule has 1 aromatic heterocycles. The normalized spacial score (nSPS) is 12.6. The molecule has 2 nitrogen and oxygen atoms in total. The smallest absolute Gasteiger partial charge is 0.114 e. The number of benzene rings is 1. The van der Waals surface area contributed by atoms with E-state index in [0.717, 1.165) is 17.9 Å². The fraction of sp³-hybridized carbons (Fsp3) is 0.333. The van der Waals surface area contributed by atoms with E-state index >= 15 is 0 Å². The molecule has 0 saturated heterocycles. The van der Waals surface area contributed by atoms with Crippen molar-refractivity contribution in [3.8, 4) is 0 Å². The van der Waals surface area contributed by atoms with E-state index in [1.54, 1.807) is 18.0 Å². The Labute approximate surface area is 113 Å². The van der Waals surface area contributed by atoms with E-state index < -0.39 is 0 Å². The Morgan fingerprint density at radius 1 is 1.22 bits per heavy atom. The first kappa shape index (κ1) is 13.2. The summed E-state index contributed by atoms with van der Waals surface area (Å²) >= 11 is 1.75. The van der Waals surface area contributed by atoms with Crippen LogP contribution in [0.25, 0.3) is 0 Å². The molecule has 0 aliphatic heterocycles. The van der Waals surface area contributed by atoms with Crippen LogP contribution < -0.4 is 5.73 Å². The molecule has 0 aliphatic carbocycles. The maximum atomic E-state index is 6.20. The molecule has 0 spiro atoms. The lowest BCUT2D eigenvalue weighted by molar-refractivity contribution is 0.527. The van der Waals surface area contributed by atoms with Gasteiger partial charge in [0, 0.05) is 16.7 Å². The summed E-state index contributed by atoms with van der Waals surface area (Å²) in [5.74, 6) is 1.83. The molecule has 3 heteroatoms. The van der Waals surface area contributed by atoms with E-state index in [4.69, 9.17) is 10.2 Å². The zero-order valence-electron chi connectivity index (χ0n) is 10.8. The molecule has 2 rings (SSSR count). The van der Waals surface area contributed by atoms with Crippen LogP contribution in [-0.2, 0) is 6.42 Å². The van der Waals surface area contributed by atoms with Crippen LogP contribution in [0.2, 0.25) is 0 Å². The average Bonchev–Trinajstić information content (AvgIpc) is 2.81. The summed E-state index contributed by atoms with van der Waals surface area (Å²) in [4.78, 5) is 1.18. The molecule has 0 radical (unpaired) electrons. The molecule has 1 aromatic carbocycles. The number of hydrogen-bond donors (Lipinski definition) is 1. The van der Waals surface area contributed by atoms with Gasteiger partial charge in [0.05, 0.1) is 6.26 Å². The third-order valence-corrected chi connectivity index (χ3v) is 4.31. The van der Waals surface area contributed by atoms with Crippen LogP contribution in [0.4, 0.5) is 0 Å². The lowest BCUT2D eigenvalue weighted by Gasteiger charge is -2.11. The molecule has 18 heavy (non-hydrogen) atoms. The van der Waals surface area contributed by atoms with Crippen molar-refractivity contribution in [1.29, 1.82) is 0 Å². The summed E-state index contributed by atoms with van der Waals surface area (Å²) < 4.78 is 5.27. The lowest BCUT2D eigenvalue weighted by atomic mass is 10.1. The van der Waals surface area contributed by atoms with Gasteiger partial charge in [-0.15, -0.1) is 11.8 Å². The molecule has 2 aromatic rings. The second kappa shape index (κ2) is 6.12. The highest BCUT2D eigenvalue weighted by atomic mass is 32.2. The average molecular weight is 261 g/mol. The Hall–Kier alpha value is -1.19. The molecule has 0 fully saturated rings. The fourth-order valence-electron chi connectivity index (χ4n) is 1.80. The van der Waals surface area contributed by atoms with Crippen molar-refractivity contribution in [3.63, 3.8) is 0 Å². The van der Waals surface area contributed by atoms with Crippen LogP contribution in [0.15, 0.2) is 45.9 Å². The molecular formula is C15H19NOS. The largest absolute Gasteiger partial charge is 0.468 e. The summed E-state index contributed by atoms with van der Waals surface area (Å²) in [6.45, 7) is 4.14. The third-order valence-electron chi connectivity index (χ3n) is 3.05. The van der Waals surface area contributed by atoms with Gasteiger partial charge in [-0.25, -0.2) is 0 Å². The Kier molecular flexibility index (Phi) is 4.50. The highest BCUT2D eigenvalue weighted by molar-refractivity contribution is 7.99. The minimum absolute atomic E-state index is 0.0650. The van der Waals surface area contributed by atoms with Crippen molar-refractivity contribution in [2.24, 2.45) is 5.73 Å². The highest BCUT2D eigenvalue weighted by Crippen LogP contribution is 2.27. The van der Waals surface area contributed by atoms with Crippen LogP contribution in [0, 0.1) is 6.92 Å². The van der Waals surface area contributed by atoms with Gasteiger partial charge in [-0.1, -0.05) is 31.2 Å². The van der Waals surface area contributed by atoms with E-state index in [0.29, 0.717) is 0 Å². The van der Waals surface area contributed by atoms with E-state index in [-0.39, 0.29) is 6.04 Å². The monoisotopic (exact) mass is 261 g/mol. The van der Waals surface area contributed by atoms with Crippen LogP contribution in [0.3, 0.4) is 0 Å². The molecule has 0 amide bonds. The SMILES string of the molecule is CCc1ccc(C(N)CSc2ccoc2C)cc1. The molecule has 96 valence electrons. The van der Waals surface area contributed by atoms with Gasteiger partial charge in [-0.05, 0) is 30.5 Å².